The maximum atomic E-state index is 13.1. The molecule has 2 rings (SSSR count). The van der Waals surface area contributed by atoms with Crippen molar-refractivity contribution in [3.8, 4) is 0 Å². The van der Waals surface area contributed by atoms with Crippen LogP contribution in [0.2, 0.25) is 0 Å². The largest absolute Gasteiger partial charge is 0.462 e. The van der Waals surface area contributed by atoms with Gasteiger partial charge in [-0.2, -0.15) is 0 Å². The summed E-state index contributed by atoms with van der Waals surface area (Å²) < 4.78 is 31.5. The molecule has 1 fully saturated rings. The minimum atomic E-state index is -0.811. The Balaban J connectivity index is 1.43. The third-order valence-corrected chi connectivity index (χ3v) is 5.44. The fourth-order valence-corrected chi connectivity index (χ4v) is 3.80. The third-order valence-electron chi connectivity index (χ3n) is 5.44. The molecule has 4 heteroatoms. The normalized spacial score (nSPS) is 19.8. The van der Waals surface area contributed by atoms with E-state index in [2.05, 4.69) is 6.92 Å². The Morgan fingerprint density at radius 2 is 1.82 bits per heavy atom. The van der Waals surface area contributed by atoms with Crippen LogP contribution in [0.5, 0.6) is 0 Å². The van der Waals surface area contributed by atoms with Crippen LogP contribution in [0.25, 0.3) is 6.08 Å². The van der Waals surface area contributed by atoms with Crippen molar-refractivity contribution in [3.05, 3.63) is 41.5 Å². The van der Waals surface area contributed by atoms with Gasteiger partial charge in [0.05, 0.1) is 0 Å². The standard InChI is InChI=1S/C24H34F2O2/c1-19-11-10-13-21(17-19)28-24(27)14-9-7-5-3-2-4-6-8-12-20-15-16-22(25)23(26)18-20/h8,12,15-16,18-19,21H,2-7,9-11,13-14,17H2,1H3/b12-8+. The first-order valence-electron chi connectivity index (χ1n) is 10.9. The van der Waals surface area contributed by atoms with Gasteiger partial charge >= 0.3 is 5.97 Å². The summed E-state index contributed by atoms with van der Waals surface area (Å²) in [7, 11) is 0. The van der Waals surface area contributed by atoms with Crippen LogP contribution >= 0.6 is 0 Å². The number of hydrogen-bond donors (Lipinski definition) is 0. The molecule has 0 aromatic heterocycles. The van der Waals surface area contributed by atoms with Gasteiger partial charge < -0.3 is 4.74 Å². The fourth-order valence-electron chi connectivity index (χ4n) is 3.80. The second-order valence-electron chi connectivity index (χ2n) is 8.12. The molecule has 2 unspecified atom stereocenters. The number of carbonyl (C=O) groups is 1. The number of halogens is 2. The van der Waals surface area contributed by atoms with E-state index in [4.69, 9.17) is 4.74 Å². The number of ether oxygens (including phenoxy) is 1. The molecular formula is C24H34F2O2. The minimum absolute atomic E-state index is 0.0264. The van der Waals surface area contributed by atoms with Crippen molar-refractivity contribution in [2.45, 2.75) is 90.1 Å². The summed E-state index contributed by atoms with van der Waals surface area (Å²) in [6.07, 6.45) is 16.5. The lowest BCUT2D eigenvalue weighted by Crippen LogP contribution is -2.24. The van der Waals surface area contributed by atoms with E-state index in [-0.39, 0.29) is 12.1 Å². The highest BCUT2D eigenvalue weighted by atomic mass is 19.2. The van der Waals surface area contributed by atoms with Crippen molar-refractivity contribution >= 4 is 12.0 Å². The molecule has 0 radical (unpaired) electrons. The van der Waals surface area contributed by atoms with E-state index in [1.54, 1.807) is 6.07 Å². The molecule has 2 atom stereocenters. The van der Waals surface area contributed by atoms with Crippen LogP contribution in [0.3, 0.4) is 0 Å². The lowest BCUT2D eigenvalue weighted by Gasteiger charge is -2.26. The predicted octanol–water partition coefficient (Wildman–Crippen LogP) is 7.22. The summed E-state index contributed by atoms with van der Waals surface area (Å²) in [6, 6.07) is 3.95. The van der Waals surface area contributed by atoms with Crippen LogP contribution in [0, 0.1) is 17.6 Å². The lowest BCUT2D eigenvalue weighted by molar-refractivity contribution is -0.151. The van der Waals surface area contributed by atoms with Gasteiger partial charge in [-0.05, 0) is 62.1 Å². The number of carbonyl (C=O) groups excluding carboxylic acids is 1. The second kappa shape index (κ2) is 12.7. The average molecular weight is 393 g/mol. The SMILES string of the molecule is CC1CCCC(OC(=O)CCCCCCCC/C=C/c2ccc(F)c(F)c2)C1. The molecule has 0 bridgehead atoms. The van der Waals surface area contributed by atoms with Crippen LogP contribution in [0.4, 0.5) is 8.78 Å². The molecule has 0 saturated heterocycles. The van der Waals surface area contributed by atoms with E-state index < -0.39 is 11.6 Å². The molecule has 1 saturated carbocycles. The van der Waals surface area contributed by atoms with E-state index in [0.717, 1.165) is 63.9 Å². The first-order valence-corrected chi connectivity index (χ1v) is 10.9. The van der Waals surface area contributed by atoms with Crippen LogP contribution in [0.15, 0.2) is 24.3 Å². The van der Waals surface area contributed by atoms with Crippen molar-refractivity contribution in [1.29, 1.82) is 0 Å². The molecule has 0 amide bonds. The maximum Gasteiger partial charge on any atom is 0.306 e. The first kappa shape index (κ1) is 22.6. The number of unbranched alkanes of at least 4 members (excludes halogenated alkanes) is 6. The Morgan fingerprint density at radius 1 is 1.07 bits per heavy atom. The number of esters is 1. The Kier molecular flexibility index (Phi) is 10.2. The highest BCUT2D eigenvalue weighted by Gasteiger charge is 2.21. The molecular weight excluding hydrogens is 358 g/mol. The first-order chi connectivity index (χ1) is 13.5. The van der Waals surface area contributed by atoms with Gasteiger partial charge in [0.15, 0.2) is 11.6 Å². The molecule has 1 aromatic carbocycles. The zero-order chi connectivity index (χ0) is 20.2. The third kappa shape index (κ3) is 8.99. The maximum absolute atomic E-state index is 13.1. The van der Waals surface area contributed by atoms with Crippen LogP contribution in [0.1, 0.15) is 89.5 Å². The summed E-state index contributed by atoms with van der Waals surface area (Å²) in [5.74, 6) is -0.965. The van der Waals surface area contributed by atoms with E-state index in [0.29, 0.717) is 17.9 Å². The Hall–Kier alpha value is -1.71. The van der Waals surface area contributed by atoms with Gasteiger partial charge in [-0.1, -0.05) is 57.2 Å². The number of rotatable bonds is 11. The van der Waals surface area contributed by atoms with E-state index in [9.17, 15) is 13.6 Å². The lowest BCUT2D eigenvalue weighted by atomic mass is 9.89. The smallest absolute Gasteiger partial charge is 0.306 e. The van der Waals surface area contributed by atoms with Gasteiger partial charge in [0, 0.05) is 6.42 Å². The van der Waals surface area contributed by atoms with E-state index in [1.165, 1.54) is 18.9 Å². The average Bonchev–Trinajstić information content (AvgIpc) is 2.66. The van der Waals surface area contributed by atoms with Crippen molar-refractivity contribution in [1.82, 2.24) is 0 Å². The monoisotopic (exact) mass is 392 g/mol. The summed E-state index contributed by atoms with van der Waals surface area (Å²) in [6.45, 7) is 2.23. The topological polar surface area (TPSA) is 26.3 Å². The number of allylic oxidation sites excluding steroid dienone is 1. The number of benzene rings is 1. The Morgan fingerprint density at radius 3 is 2.57 bits per heavy atom. The zero-order valence-electron chi connectivity index (χ0n) is 17.1. The van der Waals surface area contributed by atoms with Crippen molar-refractivity contribution < 1.29 is 18.3 Å². The summed E-state index contributed by atoms with van der Waals surface area (Å²) >= 11 is 0. The van der Waals surface area contributed by atoms with Gasteiger partial charge in [-0.3, -0.25) is 4.79 Å². The van der Waals surface area contributed by atoms with Crippen molar-refractivity contribution in [2.24, 2.45) is 5.92 Å². The molecule has 0 spiro atoms. The molecule has 1 aromatic rings. The van der Waals surface area contributed by atoms with E-state index in [1.807, 2.05) is 12.2 Å². The van der Waals surface area contributed by atoms with Gasteiger partial charge in [-0.15, -0.1) is 0 Å². The van der Waals surface area contributed by atoms with Crippen molar-refractivity contribution in [2.75, 3.05) is 0 Å². The molecule has 0 heterocycles. The van der Waals surface area contributed by atoms with Crippen molar-refractivity contribution in [3.63, 3.8) is 0 Å². The molecule has 1 aliphatic carbocycles. The minimum Gasteiger partial charge on any atom is -0.462 e. The van der Waals surface area contributed by atoms with Crippen LogP contribution in [-0.4, -0.2) is 12.1 Å². The predicted molar refractivity (Wildman–Crippen MR) is 110 cm³/mol. The Bertz CT molecular complexity index is 627. The van der Waals surface area contributed by atoms with Crippen LogP contribution < -0.4 is 0 Å². The molecule has 1 aliphatic rings. The molecule has 0 aliphatic heterocycles. The van der Waals surface area contributed by atoms with Crippen LogP contribution in [-0.2, 0) is 9.53 Å². The second-order valence-corrected chi connectivity index (χ2v) is 8.12. The highest BCUT2D eigenvalue weighted by molar-refractivity contribution is 5.69. The van der Waals surface area contributed by atoms with Gasteiger partial charge in [-0.25, -0.2) is 8.78 Å². The van der Waals surface area contributed by atoms with Gasteiger partial charge in [0.25, 0.3) is 0 Å². The fraction of sp³-hybridized carbons (Fsp3) is 0.625. The summed E-state index contributed by atoms with van der Waals surface area (Å²) in [4.78, 5) is 11.9. The number of hydrogen-bond acceptors (Lipinski definition) is 2. The molecule has 156 valence electrons. The molecule has 2 nitrogen and oxygen atoms in total. The summed E-state index contributed by atoms with van der Waals surface area (Å²) in [5.41, 5.74) is 0.688. The summed E-state index contributed by atoms with van der Waals surface area (Å²) in [5, 5.41) is 0. The highest BCUT2D eigenvalue weighted by Crippen LogP contribution is 2.26. The quantitative estimate of drug-likeness (QED) is 0.293. The van der Waals surface area contributed by atoms with E-state index >= 15 is 0 Å². The zero-order valence-corrected chi connectivity index (χ0v) is 17.1. The van der Waals surface area contributed by atoms with Gasteiger partial charge in [0.1, 0.15) is 6.10 Å². The molecule has 0 N–H and O–H groups in total. The molecule has 28 heavy (non-hydrogen) atoms. The Labute approximate surface area is 168 Å². The van der Waals surface area contributed by atoms with Gasteiger partial charge in [0.2, 0.25) is 0 Å².